The molecule has 19 heavy (non-hydrogen) atoms. The predicted octanol–water partition coefficient (Wildman–Crippen LogP) is 4.19. The minimum Gasteiger partial charge on any atom is -0.324 e. The van der Waals surface area contributed by atoms with Crippen LogP contribution in [0.5, 0.6) is 0 Å². The lowest BCUT2D eigenvalue weighted by Gasteiger charge is -2.22. The van der Waals surface area contributed by atoms with Gasteiger partial charge in [-0.3, -0.25) is 0 Å². The molecule has 2 N–H and O–H groups in total. The van der Waals surface area contributed by atoms with Gasteiger partial charge in [-0.05, 0) is 68.0 Å². The quantitative estimate of drug-likeness (QED) is 0.839. The summed E-state index contributed by atoms with van der Waals surface area (Å²) in [5.41, 5.74) is 12.8. The summed E-state index contributed by atoms with van der Waals surface area (Å²) < 4.78 is 3.48. The molecular weight excluding hydrogens is 300 g/mol. The Morgan fingerprint density at radius 2 is 1.95 bits per heavy atom. The van der Waals surface area contributed by atoms with Gasteiger partial charge in [0.1, 0.15) is 0 Å². The van der Waals surface area contributed by atoms with Crippen LogP contribution in [-0.2, 0) is 6.42 Å². The summed E-state index contributed by atoms with van der Waals surface area (Å²) in [5, 5.41) is 0. The first-order valence-electron chi connectivity index (χ1n) is 6.80. The van der Waals surface area contributed by atoms with Crippen LogP contribution >= 0.6 is 15.9 Å². The molecule has 1 heterocycles. The van der Waals surface area contributed by atoms with Gasteiger partial charge in [0.2, 0.25) is 0 Å². The number of aryl methyl sites for hydroxylation is 2. The number of nitrogens with zero attached hydrogens (tertiary/aromatic N) is 1. The standard InChI is InChI=1S/C16H19BrN2/c1-10-8-12(17)9-11(2)16(10)19-7-6-13-14(18)4-3-5-15(13)19/h6-9,14H,3-5,18H2,1-2H3. The SMILES string of the molecule is Cc1cc(Br)cc(C)c1-n1ccc2c1CCCC2N. The van der Waals surface area contributed by atoms with Gasteiger partial charge in [0, 0.05) is 22.4 Å². The fourth-order valence-electron chi connectivity index (χ4n) is 3.22. The average molecular weight is 319 g/mol. The maximum absolute atomic E-state index is 6.22. The molecule has 1 aliphatic carbocycles. The van der Waals surface area contributed by atoms with E-state index in [1.807, 2.05) is 0 Å². The highest BCUT2D eigenvalue weighted by Gasteiger charge is 2.21. The average Bonchev–Trinajstić information content (AvgIpc) is 2.73. The first kappa shape index (κ1) is 12.9. The zero-order valence-corrected chi connectivity index (χ0v) is 13.0. The number of benzene rings is 1. The van der Waals surface area contributed by atoms with Gasteiger partial charge in [-0.1, -0.05) is 15.9 Å². The number of fused-ring (bicyclic) bond motifs is 1. The molecule has 1 aliphatic rings. The molecule has 3 heteroatoms. The topological polar surface area (TPSA) is 30.9 Å². The second-order valence-electron chi connectivity index (χ2n) is 5.47. The lowest BCUT2D eigenvalue weighted by molar-refractivity contribution is 0.560. The van der Waals surface area contributed by atoms with E-state index < -0.39 is 0 Å². The first-order valence-corrected chi connectivity index (χ1v) is 7.60. The minimum atomic E-state index is 0.209. The zero-order valence-electron chi connectivity index (χ0n) is 11.4. The van der Waals surface area contributed by atoms with Crippen LogP contribution in [0.25, 0.3) is 5.69 Å². The summed E-state index contributed by atoms with van der Waals surface area (Å²) in [6, 6.07) is 6.76. The highest BCUT2D eigenvalue weighted by atomic mass is 79.9. The largest absolute Gasteiger partial charge is 0.324 e. The van der Waals surface area contributed by atoms with E-state index >= 15 is 0 Å². The van der Waals surface area contributed by atoms with E-state index in [0.29, 0.717) is 0 Å². The molecule has 1 aromatic heterocycles. The number of hydrogen-bond donors (Lipinski definition) is 1. The van der Waals surface area contributed by atoms with Crippen LogP contribution in [0.15, 0.2) is 28.9 Å². The van der Waals surface area contributed by atoms with E-state index in [4.69, 9.17) is 5.73 Å². The van der Waals surface area contributed by atoms with Gasteiger partial charge in [0.05, 0.1) is 5.69 Å². The van der Waals surface area contributed by atoms with Crippen molar-refractivity contribution >= 4 is 15.9 Å². The van der Waals surface area contributed by atoms with Crippen molar-refractivity contribution in [1.82, 2.24) is 4.57 Å². The fraction of sp³-hybridized carbons (Fsp3) is 0.375. The first-order chi connectivity index (χ1) is 9.08. The number of hydrogen-bond acceptors (Lipinski definition) is 1. The molecule has 0 fully saturated rings. The number of aromatic nitrogens is 1. The van der Waals surface area contributed by atoms with Crippen LogP contribution < -0.4 is 5.73 Å². The van der Waals surface area contributed by atoms with Crippen molar-refractivity contribution in [3.05, 3.63) is 51.3 Å². The summed E-state index contributed by atoms with van der Waals surface area (Å²) in [4.78, 5) is 0. The summed E-state index contributed by atoms with van der Waals surface area (Å²) in [6.45, 7) is 4.34. The molecule has 1 unspecified atom stereocenters. The number of halogens is 1. The molecule has 0 aliphatic heterocycles. The third-order valence-corrected chi connectivity index (χ3v) is 4.51. The maximum Gasteiger partial charge on any atom is 0.0511 e. The van der Waals surface area contributed by atoms with Crippen LogP contribution in [0.1, 0.15) is 41.3 Å². The van der Waals surface area contributed by atoms with Gasteiger partial charge < -0.3 is 10.3 Å². The third kappa shape index (κ3) is 2.15. The molecule has 0 amide bonds. The Hall–Kier alpha value is -1.06. The van der Waals surface area contributed by atoms with E-state index in [9.17, 15) is 0 Å². The van der Waals surface area contributed by atoms with E-state index in [1.54, 1.807) is 0 Å². The Morgan fingerprint density at radius 3 is 2.63 bits per heavy atom. The van der Waals surface area contributed by atoms with Crippen molar-refractivity contribution in [1.29, 1.82) is 0 Å². The fourth-order valence-corrected chi connectivity index (χ4v) is 3.91. The Kier molecular flexibility index (Phi) is 3.27. The van der Waals surface area contributed by atoms with Crippen LogP contribution in [0.3, 0.4) is 0 Å². The summed E-state index contributed by atoms with van der Waals surface area (Å²) in [5.74, 6) is 0. The lowest BCUT2D eigenvalue weighted by Crippen LogP contribution is -2.18. The van der Waals surface area contributed by atoms with Crippen molar-refractivity contribution in [3.63, 3.8) is 0 Å². The normalized spacial score (nSPS) is 18.4. The highest BCUT2D eigenvalue weighted by Crippen LogP contribution is 2.33. The van der Waals surface area contributed by atoms with Gasteiger partial charge in [-0.2, -0.15) is 0 Å². The molecule has 2 aromatic rings. The molecule has 0 saturated carbocycles. The van der Waals surface area contributed by atoms with E-state index in [0.717, 1.165) is 17.3 Å². The molecule has 1 atom stereocenters. The minimum absolute atomic E-state index is 0.209. The van der Waals surface area contributed by atoms with Crippen molar-refractivity contribution in [2.45, 2.75) is 39.2 Å². The molecule has 100 valence electrons. The highest BCUT2D eigenvalue weighted by molar-refractivity contribution is 9.10. The smallest absolute Gasteiger partial charge is 0.0511 e. The number of rotatable bonds is 1. The van der Waals surface area contributed by atoms with Gasteiger partial charge in [-0.15, -0.1) is 0 Å². The Morgan fingerprint density at radius 1 is 1.26 bits per heavy atom. The second kappa shape index (κ2) is 4.80. The van der Waals surface area contributed by atoms with Crippen LogP contribution in [-0.4, -0.2) is 4.57 Å². The molecule has 0 spiro atoms. The van der Waals surface area contributed by atoms with Gasteiger partial charge in [0.25, 0.3) is 0 Å². The Labute approximate surface area is 122 Å². The predicted molar refractivity (Wildman–Crippen MR) is 82.8 cm³/mol. The van der Waals surface area contributed by atoms with Crippen LogP contribution in [0.4, 0.5) is 0 Å². The van der Waals surface area contributed by atoms with Crippen molar-refractivity contribution in [3.8, 4) is 5.69 Å². The second-order valence-corrected chi connectivity index (χ2v) is 6.39. The zero-order chi connectivity index (χ0) is 13.6. The third-order valence-electron chi connectivity index (χ3n) is 4.05. The maximum atomic E-state index is 6.22. The lowest BCUT2D eigenvalue weighted by atomic mass is 9.93. The molecule has 1 aromatic carbocycles. The molecule has 0 bridgehead atoms. The summed E-state index contributed by atoms with van der Waals surface area (Å²) in [7, 11) is 0. The van der Waals surface area contributed by atoms with E-state index in [1.165, 1.54) is 34.5 Å². The van der Waals surface area contributed by atoms with E-state index in [2.05, 4.69) is 58.7 Å². The van der Waals surface area contributed by atoms with Gasteiger partial charge in [-0.25, -0.2) is 0 Å². The molecular formula is C16H19BrN2. The van der Waals surface area contributed by atoms with Crippen LogP contribution in [0.2, 0.25) is 0 Å². The van der Waals surface area contributed by atoms with Crippen molar-refractivity contribution in [2.24, 2.45) is 5.73 Å². The van der Waals surface area contributed by atoms with Gasteiger partial charge >= 0.3 is 0 Å². The monoisotopic (exact) mass is 318 g/mol. The molecule has 0 saturated heterocycles. The summed E-state index contributed by atoms with van der Waals surface area (Å²) >= 11 is 3.57. The Bertz CT molecular complexity index is 605. The van der Waals surface area contributed by atoms with E-state index in [-0.39, 0.29) is 6.04 Å². The molecule has 0 radical (unpaired) electrons. The van der Waals surface area contributed by atoms with Crippen LogP contribution in [0, 0.1) is 13.8 Å². The molecule has 3 rings (SSSR count). The van der Waals surface area contributed by atoms with Crippen molar-refractivity contribution in [2.75, 3.05) is 0 Å². The number of nitrogens with two attached hydrogens (primary N) is 1. The van der Waals surface area contributed by atoms with Gasteiger partial charge in [0.15, 0.2) is 0 Å². The molecule has 2 nitrogen and oxygen atoms in total. The summed E-state index contributed by atoms with van der Waals surface area (Å²) in [6.07, 6.45) is 5.60. The van der Waals surface area contributed by atoms with Crippen molar-refractivity contribution < 1.29 is 0 Å². The Balaban J connectivity index is 2.19.